The third-order valence-electron chi connectivity index (χ3n) is 4.38. The number of rotatable bonds is 8. The second kappa shape index (κ2) is 9.43. The van der Waals surface area contributed by atoms with Crippen LogP contribution in [0.15, 0.2) is 77.7 Å². The maximum absolute atomic E-state index is 12.9. The number of amides is 1. The Morgan fingerprint density at radius 2 is 1.53 bits per heavy atom. The molecule has 3 aromatic carbocycles. The van der Waals surface area contributed by atoms with Crippen LogP contribution in [0.5, 0.6) is 11.5 Å². The molecule has 0 atom stereocenters. The maximum atomic E-state index is 12.9. The van der Waals surface area contributed by atoms with E-state index >= 15 is 0 Å². The van der Waals surface area contributed by atoms with Gasteiger partial charge in [0.2, 0.25) is 10.0 Å². The summed E-state index contributed by atoms with van der Waals surface area (Å²) < 4.78 is 38.7. The number of benzene rings is 3. The zero-order chi connectivity index (χ0) is 21.6. The predicted octanol–water partition coefficient (Wildman–Crippen LogP) is 3.43. The molecule has 0 saturated carbocycles. The van der Waals surface area contributed by atoms with Crippen LogP contribution in [0.3, 0.4) is 0 Å². The Balaban J connectivity index is 1.86. The Morgan fingerprint density at radius 3 is 2.23 bits per heavy atom. The molecule has 30 heavy (non-hydrogen) atoms. The van der Waals surface area contributed by atoms with E-state index in [1.54, 1.807) is 24.3 Å². The molecule has 0 aromatic heterocycles. The molecule has 0 spiro atoms. The summed E-state index contributed by atoms with van der Waals surface area (Å²) in [6.45, 7) is 0.115. The molecule has 7 nitrogen and oxygen atoms in total. The van der Waals surface area contributed by atoms with E-state index in [9.17, 15) is 13.2 Å². The minimum absolute atomic E-state index is 0.115. The Labute approximate surface area is 175 Å². The average molecular weight is 426 g/mol. The van der Waals surface area contributed by atoms with Gasteiger partial charge in [-0.1, -0.05) is 42.5 Å². The van der Waals surface area contributed by atoms with Crippen LogP contribution in [0, 0.1) is 0 Å². The van der Waals surface area contributed by atoms with Gasteiger partial charge < -0.3 is 14.8 Å². The molecular weight excluding hydrogens is 404 g/mol. The Kier molecular flexibility index (Phi) is 6.71. The summed E-state index contributed by atoms with van der Waals surface area (Å²) in [7, 11) is -1.05. The van der Waals surface area contributed by atoms with Crippen LogP contribution in [-0.4, -0.2) is 28.5 Å². The number of anilines is 1. The molecule has 0 aliphatic rings. The van der Waals surface area contributed by atoms with Crippen molar-refractivity contribution in [1.82, 2.24) is 4.72 Å². The lowest BCUT2D eigenvalue weighted by Gasteiger charge is -2.13. The lowest BCUT2D eigenvalue weighted by atomic mass is 10.2. The van der Waals surface area contributed by atoms with E-state index in [0.29, 0.717) is 11.4 Å². The highest BCUT2D eigenvalue weighted by atomic mass is 32.2. The van der Waals surface area contributed by atoms with Crippen molar-refractivity contribution in [3.8, 4) is 11.5 Å². The number of ether oxygens (including phenoxy) is 2. The van der Waals surface area contributed by atoms with E-state index in [2.05, 4.69) is 10.0 Å². The molecule has 8 heteroatoms. The van der Waals surface area contributed by atoms with Gasteiger partial charge in [0.25, 0.3) is 5.91 Å². The quantitative estimate of drug-likeness (QED) is 0.576. The number of hydrogen-bond acceptors (Lipinski definition) is 5. The van der Waals surface area contributed by atoms with Crippen molar-refractivity contribution in [2.45, 2.75) is 11.4 Å². The Morgan fingerprint density at radius 1 is 0.867 bits per heavy atom. The molecule has 0 aliphatic heterocycles. The first-order chi connectivity index (χ1) is 14.4. The average Bonchev–Trinajstić information content (AvgIpc) is 2.78. The maximum Gasteiger partial charge on any atom is 0.255 e. The van der Waals surface area contributed by atoms with Crippen molar-refractivity contribution in [1.29, 1.82) is 0 Å². The van der Waals surface area contributed by atoms with Gasteiger partial charge in [-0.25, -0.2) is 13.1 Å². The number of hydrogen-bond donors (Lipinski definition) is 2. The van der Waals surface area contributed by atoms with Gasteiger partial charge in [-0.15, -0.1) is 0 Å². The van der Waals surface area contributed by atoms with E-state index in [1.807, 2.05) is 30.3 Å². The number of para-hydroxylation sites is 2. The molecule has 0 bridgehead atoms. The molecule has 156 valence electrons. The van der Waals surface area contributed by atoms with E-state index in [0.717, 1.165) is 5.56 Å². The summed E-state index contributed by atoms with van der Waals surface area (Å²) in [5.74, 6) is 0.169. The van der Waals surface area contributed by atoms with Crippen LogP contribution < -0.4 is 19.5 Å². The monoisotopic (exact) mass is 426 g/mol. The molecule has 3 rings (SSSR count). The van der Waals surface area contributed by atoms with Gasteiger partial charge in [-0.3, -0.25) is 4.79 Å². The minimum atomic E-state index is -3.92. The summed E-state index contributed by atoms with van der Waals surface area (Å²) in [6, 6.07) is 20.3. The fourth-order valence-electron chi connectivity index (χ4n) is 2.82. The summed E-state index contributed by atoms with van der Waals surface area (Å²) in [5.41, 5.74) is 1.46. The van der Waals surface area contributed by atoms with Crippen LogP contribution in [0.4, 0.5) is 5.69 Å². The second-order valence-corrected chi connectivity index (χ2v) is 8.07. The van der Waals surface area contributed by atoms with Crippen molar-refractivity contribution in [2.24, 2.45) is 0 Å². The predicted molar refractivity (Wildman–Crippen MR) is 114 cm³/mol. The van der Waals surface area contributed by atoms with Crippen molar-refractivity contribution >= 4 is 21.6 Å². The van der Waals surface area contributed by atoms with Gasteiger partial charge in [0, 0.05) is 12.1 Å². The fraction of sp³-hybridized carbons (Fsp3) is 0.136. The number of sulfonamides is 1. The summed E-state index contributed by atoms with van der Waals surface area (Å²) in [6.07, 6.45) is 0. The highest BCUT2D eigenvalue weighted by Gasteiger charge is 2.22. The van der Waals surface area contributed by atoms with Gasteiger partial charge >= 0.3 is 0 Å². The second-order valence-electron chi connectivity index (χ2n) is 6.33. The third-order valence-corrected chi connectivity index (χ3v) is 5.80. The first-order valence-corrected chi connectivity index (χ1v) is 10.6. The highest BCUT2D eigenvalue weighted by molar-refractivity contribution is 7.89. The van der Waals surface area contributed by atoms with Crippen molar-refractivity contribution in [3.63, 3.8) is 0 Å². The van der Waals surface area contributed by atoms with Crippen LogP contribution in [0.25, 0.3) is 0 Å². The molecule has 0 radical (unpaired) electrons. The molecular formula is C22H22N2O5S. The molecule has 0 saturated heterocycles. The molecule has 2 N–H and O–H groups in total. The third kappa shape index (κ3) is 4.97. The molecule has 3 aromatic rings. The van der Waals surface area contributed by atoms with Gasteiger partial charge in [-0.05, 0) is 35.9 Å². The standard InChI is InChI=1S/C22H22N2O5S/c1-28-19-11-7-6-10-18(19)24-22(25)17-12-13-20(29-2)21(14-17)30(26,27)23-15-16-8-4-3-5-9-16/h3-14,23H,15H2,1-2H3,(H,24,25). The summed E-state index contributed by atoms with van der Waals surface area (Å²) >= 11 is 0. The lowest BCUT2D eigenvalue weighted by molar-refractivity contribution is 0.102. The minimum Gasteiger partial charge on any atom is -0.495 e. The van der Waals surface area contributed by atoms with Crippen molar-refractivity contribution < 1.29 is 22.7 Å². The van der Waals surface area contributed by atoms with E-state index in [4.69, 9.17) is 9.47 Å². The zero-order valence-electron chi connectivity index (χ0n) is 16.6. The topological polar surface area (TPSA) is 93.7 Å². The largest absolute Gasteiger partial charge is 0.495 e. The smallest absolute Gasteiger partial charge is 0.255 e. The normalized spacial score (nSPS) is 11.0. The van der Waals surface area contributed by atoms with Crippen LogP contribution >= 0.6 is 0 Å². The first kappa shape index (κ1) is 21.4. The molecule has 0 fully saturated rings. The highest BCUT2D eigenvalue weighted by Crippen LogP contribution is 2.27. The van der Waals surface area contributed by atoms with Crippen molar-refractivity contribution in [2.75, 3.05) is 19.5 Å². The lowest BCUT2D eigenvalue weighted by Crippen LogP contribution is -2.24. The van der Waals surface area contributed by atoms with Crippen LogP contribution in [-0.2, 0) is 16.6 Å². The molecule has 1 amide bonds. The Hall–Kier alpha value is -3.36. The van der Waals surface area contributed by atoms with E-state index < -0.39 is 15.9 Å². The summed E-state index contributed by atoms with van der Waals surface area (Å²) in [4.78, 5) is 12.6. The van der Waals surface area contributed by atoms with E-state index in [-0.39, 0.29) is 22.8 Å². The first-order valence-electron chi connectivity index (χ1n) is 9.10. The zero-order valence-corrected chi connectivity index (χ0v) is 17.4. The number of methoxy groups -OCH3 is 2. The van der Waals surface area contributed by atoms with Crippen LogP contribution in [0.2, 0.25) is 0 Å². The van der Waals surface area contributed by atoms with Gasteiger partial charge in [0.1, 0.15) is 16.4 Å². The molecule has 0 aliphatic carbocycles. The number of nitrogens with one attached hydrogen (secondary N) is 2. The summed E-state index contributed by atoms with van der Waals surface area (Å²) in [5, 5.41) is 2.73. The Bertz CT molecular complexity index is 1130. The molecule has 0 heterocycles. The van der Waals surface area contributed by atoms with E-state index in [1.165, 1.54) is 32.4 Å². The number of carbonyl (C=O) groups excluding carboxylic acids is 1. The van der Waals surface area contributed by atoms with Gasteiger partial charge in [-0.2, -0.15) is 0 Å². The van der Waals surface area contributed by atoms with Gasteiger partial charge in [0.05, 0.1) is 19.9 Å². The fourth-order valence-corrected chi connectivity index (χ4v) is 4.03. The van der Waals surface area contributed by atoms with Crippen molar-refractivity contribution in [3.05, 3.63) is 83.9 Å². The molecule has 0 unspecified atom stereocenters. The van der Waals surface area contributed by atoms with Crippen LogP contribution in [0.1, 0.15) is 15.9 Å². The van der Waals surface area contributed by atoms with Gasteiger partial charge in [0.15, 0.2) is 0 Å². The SMILES string of the molecule is COc1ccccc1NC(=O)c1ccc(OC)c(S(=O)(=O)NCc2ccccc2)c1. The number of carbonyl (C=O) groups is 1.